The van der Waals surface area contributed by atoms with Gasteiger partial charge in [0.1, 0.15) is 5.82 Å². The summed E-state index contributed by atoms with van der Waals surface area (Å²) in [4.78, 5) is 16.5. The number of aromatic nitrogens is 1. The largest absolute Gasteiger partial charge is 0.493 e. The van der Waals surface area contributed by atoms with Crippen molar-refractivity contribution in [1.82, 2.24) is 10.3 Å². The number of methoxy groups -OCH3 is 2. The molecule has 0 radical (unpaired) electrons. The molecule has 3 rings (SSSR count). The molecule has 2 N–H and O–H groups in total. The Balaban J connectivity index is 1.63. The van der Waals surface area contributed by atoms with Crippen molar-refractivity contribution >= 4 is 17.3 Å². The predicted octanol–water partition coefficient (Wildman–Crippen LogP) is 3.95. The van der Waals surface area contributed by atoms with Gasteiger partial charge in [-0.25, -0.2) is 4.39 Å². The van der Waals surface area contributed by atoms with E-state index in [0.717, 1.165) is 5.69 Å². The Hall–Kier alpha value is -3.61. The summed E-state index contributed by atoms with van der Waals surface area (Å²) >= 11 is 0. The van der Waals surface area contributed by atoms with Crippen molar-refractivity contribution in [3.8, 4) is 11.5 Å². The molecule has 0 spiro atoms. The minimum Gasteiger partial charge on any atom is -0.493 e. The minimum absolute atomic E-state index is 0.273. The SMILES string of the molecule is COc1ccc(Nc2cncc(C(=O)NCCc3ccccc3F)c2)cc1OC. The second kappa shape index (κ2) is 9.54. The normalized spacial score (nSPS) is 10.3. The lowest BCUT2D eigenvalue weighted by molar-refractivity contribution is 0.0953. The molecule has 0 aliphatic rings. The van der Waals surface area contributed by atoms with Crippen LogP contribution in [0.15, 0.2) is 60.9 Å². The molecule has 0 fully saturated rings. The van der Waals surface area contributed by atoms with Gasteiger partial charge in [0.15, 0.2) is 11.5 Å². The van der Waals surface area contributed by atoms with Crippen LogP contribution >= 0.6 is 0 Å². The molecule has 0 unspecified atom stereocenters. The summed E-state index contributed by atoms with van der Waals surface area (Å²) in [7, 11) is 3.14. The number of benzene rings is 2. The van der Waals surface area contributed by atoms with Crippen LogP contribution in [0.5, 0.6) is 11.5 Å². The highest BCUT2D eigenvalue weighted by Gasteiger charge is 2.09. The van der Waals surface area contributed by atoms with Gasteiger partial charge >= 0.3 is 0 Å². The van der Waals surface area contributed by atoms with Crippen molar-refractivity contribution in [2.75, 3.05) is 26.1 Å². The van der Waals surface area contributed by atoms with Crippen LogP contribution in [0.4, 0.5) is 15.8 Å². The topological polar surface area (TPSA) is 72.5 Å². The molecule has 0 aliphatic carbocycles. The molecular weight excluding hydrogens is 373 g/mol. The molecule has 2 aromatic carbocycles. The fourth-order valence-corrected chi connectivity index (χ4v) is 2.83. The van der Waals surface area contributed by atoms with E-state index < -0.39 is 0 Å². The monoisotopic (exact) mass is 395 g/mol. The average molecular weight is 395 g/mol. The average Bonchev–Trinajstić information content (AvgIpc) is 2.75. The summed E-state index contributed by atoms with van der Waals surface area (Å²) in [5.41, 5.74) is 2.39. The number of hydrogen-bond donors (Lipinski definition) is 2. The van der Waals surface area contributed by atoms with Gasteiger partial charge in [-0.05, 0) is 36.2 Å². The molecule has 1 amide bonds. The maximum atomic E-state index is 13.7. The number of nitrogens with zero attached hydrogens (tertiary/aromatic N) is 1. The number of anilines is 2. The summed E-state index contributed by atoms with van der Waals surface area (Å²) < 4.78 is 24.2. The summed E-state index contributed by atoms with van der Waals surface area (Å²) in [5.74, 6) is 0.668. The lowest BCUT2D eigenvalue weighted by atomic mass is 10.1. The van der Waals surface area contributed by atoms with E-state index in [9.17, 15) is 9.18 Å². The number of amides is 1. The maximum Gasteiger partial charge on any atom is 0.252 e. The first-order chi connectivity index (χ1) is 14.1. The summed E-state index contributed by atoms with van der Waals surface area (Å²) in [6.07, 6.45) is 3.51. The molecule has 29 heavy (non-hydrogen) atoms. The molecule has 0 aliphatic heterocycles. The van der Waals surface area contributed by atoms with E-state index in [-0.39, 0.29) is 11.7 Å². The van der Waals surface area contributed by atoms with Crippen molar-refractivity contribution in [3.63, 3.8) is 0 Å². The van der Waals surface area contributed by atoms with Gasteiger partial charge in [-0.3, -0.25) is 9.78 Å². The highest BCUT2D eigenvalue weighted by molar-refractivity contribution is 5.94. The molecule has 1 aromatic heterocycles. The first-order valence-electron chi connectivity index (χ1n) is 9.06. The molecule has 0 bridgehead atoms. The number of rotatable bonds is 8. The second-order valence-electron chi connectivity index (χ2n) is 6.25. The molecule has 150 valence electrons. The highest BCUT2D eigenvalue weighted by Crippen LogP contribution is 2.31. The Labute approximate surface area is 168 Å². The van der Waals surface area contributed by atoms with Crippen LogP contribution in [-0.2, 0) is 6.42 Å². The van der Waals surface area contributed by atoms with E-state index in [0.29, 0.717) is 41.3 Å². The van der Waals surface area contributed by atoms with Gasteiger partial charge in [0.25, 0.3) is 5.91 Å². The predicted molar refractivity (Wildman–Crippen MR) is 110 cm³/mol. The number of carbonyl (C=O) groups is 1. The van der Waals surface area contributed by atoms with Crippen molar-refractivity contribution in [2.45, 2.75) is 6.42 Å². The van der Waals surface area contributed by atoms with Crippen LogP contribution in [0.1, 0.15) is 15.9 Å². The van der Waals surface area contributed by atoms with Crippen LogP contribution < -0.4 is 20.1 Å². The van der Waals surface area contributed by atoms with E-state index in [1.807, 2.05) is 6.07 Å². The van der Waals surface area contributed by atoms with E-state index in [1.54, 1.807) is 56.8 Å². The highest BCUT2D eigenvalue weighted by atomic mass is 19.1. The van der Waals surface area contributed by atoms with Gasteiger partial charge in [-0.2, -0.15) is 0 Å². The standard InChI is InChI=1S/C22H22FN3O3/c1-28-20-8-7-17(12-21(20)29-2)26-18-11-16(13-24-14-18)22(27)25-10-9-15-5-3-4-6-19(15)23/h3-8,11-14,26H,9-10H2,1-2H3,(H,25,27). The zero-order valence-corrected chi connectivity index (χ0v) is 16.2. The third-order valence-electron chi connectivity index (χ3n) is 4.31. The van der Waals surface area contributed by atoms with Crippen molar-refractivity contribution in [1.29, 1.82) is 0 Å². The Kier molecular flexibility index (Phi) is 6.63. The Morgan fingerprint density at radius 2 is 1.79 bits per heavy atom. The zero-order chi connectivity index (χ0) is 20.6. The van der Waals surface area contributed by atoms with Crippen LogP contribution in [0, 0.1) is 5.82 Å². The Bertz CT molecular complexity index is 995. The van der Waals surface area contributed by atoms with Gasteiger partial charge in [0.2, 0.25) is 0 Å². The number of halogens is 1. The third kappa shape index (κ3) is 5.22. The van der Waals surface area contributed by atoms with Crippen LogP contribution in [0.2, 0.25) is 0 Å². The molecule has 3 aromatic rings. The zero-order valence-electron chi connectivity index (χ0n) is 16.2. The van der Waals surface area contributed by atoms with Gasteiger partial charge < -0.3 is 20.1 Å². The van der Waals surface area contributed by atoms with E-state index in [4.69, 9.17) is 9.47 Å². The molecule has 0 saturated heterocycles. The smallest absolute Gasteiger partial charge is 0.252 e. The van der Waals surface area contributed by atoms with E-state index in [1.165, 1.54) is 12.3 Å². The van der Waals surface area contributed by atoms with Gasteiger partial charge in [0.05, 0.1) is 31.7 Å². The van der Waals surface area contributed by atoms with Crippen molar-refractivity contribution < 1.29 is 18.7 Å². The molecule has 0 atom stereocenters. The molecule has 1 heterocycles. The lowest BCUT2D eigenvalue weighted by Crippen LogP contribution is -2.26. The fraction of sp³-hybridized carbons (Fsp3) is 0.182. The number of hydrogen-bond acceptors (Lipinski definition) is 5. The van der Waals surface area contributed by atoms with Crippen molar-refractivity contribution in [2.24, 2.45) is 0 Å². The molecular formula is C22H22FN3O3. The third-order valence-corrected chi connectivity index (χ3v) is 4.31. The van der Waals surface area contributed by atoms with Crippen molar-refractivity contribution in [3.05, 3.63) is 77.9 Å². The first kappa shape index (κ1) is 20.1. The first-order valence-corrected chi connectivity index (χ1v) is 9.06. The Morgan fingerprint density at radius 3 is 2.55 bits per heavy atom. The van der Waals surface area contributed by atoms with Crippen LogP contribution in [-0.4, -0.2) is 31.7 Å². The maximum absolute atomic E-state index is 13.7. The fourth-order valence-electron chi connectivity index (χ4n) is 2.83. The Morgan fingerprint density at radius 1 is 1.00 bits per heavy atom. The van der Waals surface area contributed by atoms with E-state index in [2.05, 4.69) is 15.6 Å². The molecule has 0 saturated carbocycles. The number of nitrogens with one attached hydrogen (secondary N) is 2. The number of carbonyl (C=O) groups excluding carboxylic acids is 1. The van der Waals surface area contributed by atoms with Crippen LogP contribution in [0.3, 0.4) is 0 Å². The lowest BCUT2D eigenvalue weighted by Gasteiger charge is -2.12. The second-order valence-corrected chi connectivity index (χ2v) is 6.25. The van der Waals surface area contributed by atoms with Gasteiger partial charge in [-0.15, -0.1) is 0 Å². The summed E-state index contributed by atoms with van der Waals surface area (Å²) in [6.45, 7) is 0.326. The van der Waals surface area contributed by atoms with Gasteiger partial charge in [-0.1, -0.05) is 18.2 Å². The molecule has 6 nitrogen and oxygen atoms in total. The number of ether oxygens (including phenoxy) is 2. The minimum atomic E-state index is -0.274. The summed E-state index contributed by atoms with van der Waals surface area (Å²) in [5, 5.41) is 5.98. The quantitative estimate of drug-likeness (QED) is 0.604. The summed E-state index contributed by atoms with van der Waals surface area (Å²) in [6, 6.07) is 13.6. The molecule has 7 heteroatoms. The number of pyridine rings is 1. The van der Waals surface area contributed by atoms with Gasteiger partial charge in [0, 0.05) is 24.5 Å². The van der Waals surface area contributed by atoms with Crippen LogP contribution in [0.25, 0.3) is 0 Å². The van der Waals surface area contributed by atoms with E-state index >= 15 is 0 Å².